The van der Waals surface area contributed by atoms with Crippen molar-refractivity contribution in [3.8, 4) is 0 Å². The number of likely N-dealkylation sites (tertiary alicyclic amines) is 1. The molecule has 1 saturated heterocycles. The second-order valence-corrected chi connectivity index (χ2v) is 8.15. The van der Waals surface area contributed by atoms with Crippen LogP contribution >= 0.6 is 11.3 Å². The molecule has 29 heavy (non-hydrogen) atoms. The molecule has 7 nitrogen and oxygen atoms in total. The summed E-state index contributed by atoms with van der Waals surface area (Å²) in [6.07, 6.45) is 3.98. The number of hydrogen-bond acceptors (Lipinski definition) is 5. The first-order valence-electron chi connectivity index (χ1n) is 9.86. The number of anilines is 1. The van der Waals surface area contributed by atoms with Crippen LogP contribution in [-0.4, -0.2) is 47.2 Å². The van der Waals surface area contributed by atoms with E-state index in [1.165, 1.54) is 11.3 Å². The van der Waals surface area contributed by atoms with Crippen LogP contribution in [0.3, 0.4) is 0 Å². The van der Waals surface area contributed by atoms with Gasteiger partial charge in [-0.05, 0) is 55.3 Å². The van der Waals surface area contributed by atoms with Crippen molar-refractivity contribution >= 4 is 34.9 Å². The molecule has 3 heterocycles. The molecule has 0 aliphatic carbocycles. The fourth-order valence-corrected chi connectivity index (χ4v) is 3.96. The Balaban J connectivity index is 1.34. The van der Waals surface area contributed by atoms with Crippen LogP contribution in [0.4, 0.5) is 5.82 Å². The highest BCUT2D eigenvalue weighted by atomic mass is 32.1. The van der Waals surface area contributed by atoms with Gasteiger partial charge in [0.05, 0.1) is 4.88 Å². The number of amides is 3. The number of hydrogen-bond donors (Lipinski definition) is 2. The van der Waals surface area contributed by atoms with Gasteiger partial charge in [0.25, 0.3) is 5.91 Å². The first-order valence-corrected chi connectivity index (χ1v) is 10.7. The van der Waals surface area contributed by atoms with Crippen molar-refractivity contribution in [1.29, 1.82) is 0 Å². The number of pyridine rings is 1. The van der Waals surface area contributed by atoms with Gasteiger partial charge in [0.1, 0.15) is 5.82 Å². The quantitative estimate of drug-likeness (QED) is 0.682. The Kier molecular flexibility index (Phi) is 7.35. The minimum Gasteiger partial charge on any atom is -0.351 e. The average molecular weight is 415 g/mol. The molecule has 1 fully saturated rings. The van der Waals surface area contributed by atoms with E-state index in [2.05, 4.69) is 15.6 Å². The second-order valence-electron chi connectivity index (χ2n) is 7.20. The maximum Gasteiger partial charge on any atom is 0.261 e. The molecule has 0 atom stereocenters. The maximum atomic E-state index is 12.4. The van der Waals surface area contributed by atoms with Gasteiger partial charge < -0.3 is 15.5 Å². The third kappa shape index (κ3) is 6.12. The molecule has 154 valence electrons. The van der Waals surface area contributed by atoms with Crippen molar-refractivity contribution in [1.82, 2.24) is 15.2 Å². The monoisotopic (exact) mass is 414 g/mol. The van der Waals surface area contributed by atoms with Gasteiger partial charge >= 0.3 is 0 Å². The van der Waals surface area contributed by atoms with Gasteiger partial charge in [-0.25, -0.2) is 4.98 Å². The number of nitrogens with zero attached hydrogens (tertiary/aromatic N) is 2. The van der Waals surface area contributed by atoms with Gasteiger partial charge in [-0.1, -0.05) is 6.07 Å². The van der Waals surface area contributed by atoms with Gasteiger partial charge in [0.15, 0.2) is 0 Å². The van der Waals surface area contributed by atoms with Crippen LogP contribution in [0.5, 0.6) is 0 Å². The molecule has 0 bridgehead atoms. The fraction of sp³-hybridized carbons (Fsp3) is 0.429. The largest absolute Gasteiger partial charge is 0.351 e. The second kappa shape index (κ2) is 10.2. The Hall–Kier alpha value is -2.74. The Morgan fingerprint density at radius 1 is 1.24 bits per heavy atom. The van der Waals surface area contributed by atoms with Gasteiger partial charge in [0.2, 0.25) is 11.8 Å². The molecule has 1 aliphatic heterocycles. The van der Waals surface area contributed by atoms with E-state index in [4.69, 9.17) is 0 Å². The number of carbonyl (C=O) groups excluding carboxylic acids is 3. The van der Waals surface area contributed by atoms with Crippen molar-refractivity contribution in [2.75, 3.05) is 25.0 Å². The number of rotatable bonds is 7. The standard InChI is InChI=1S/C21H26N4O3S/c1-15-6-10-22-18(14-15)24-20(27)16-7-11-25(12-8-16)19(26)5-2-9-23-21(28)17-4-3-13-29-17/h3-4,6,10,13-14,16H,2,5,7-9,11-12H2,1H3,(H,23,28)(H,22,24,27). The van der Waals surface area contributed by atoms with Gasteiger partial charge in [0, 0.05) is 38.2 Å². The highest BCUT2D eigenvalue weighted by Crippen LogP contribution is 2.20. The summed E-state index contributed by atoms with van der Waals surface area (Å²) in [5.41, 5.74) is 1.04. The molecule has 1 aliphatic rings. The van der Waals surface area contributed by atoms with E-state index >= 15 is 0 Å². The van der Waals surface area contributed by atoms with Crippen molar-refractivity contribution < 1.29 is 14.4 Å². The summed E-state index contributed by atoms with van der Waals surface area (Å²) in [6.45, 7) is 3.60. The minimum absolute atomic E-state index is 0.0357. The lowest BCUT2D eigenvalue weighted by Gasteiger charge is -2.31. The van der Waals surface area contributed by atoms with E-state index in [1.54, 1.807) is 12.3 Å². The third-order valence-electron chi connectivity index (χ3n) is 4.98. The minimum atomic E-state index is -0.105. The normalized spacial score (nSPS) is 14.4. The van der Waals surface area contributed by atoms with Gasteiger partial charge in [-0.3, -0.25) is 14.4 Å². The summed E-state index contributed by atoms with van der Waals surface area (Å²) in [6, 6.07) is 7.34. The molecule has 2 aromatic heterocycles. The lowest BCUT2D eigenvalue weighted by Crippen LogP contribution is -2.41. The fourth-order valence-electron chi connectivity index (χ4n) is 3.32. The summed E-state index contributed by atoms with van der Waals surface area (Å²) in [5, 5.41) is 7.56. The van der Waals surface area contributed by atoms with E-state index in [9.17, 15) is 14.4 Å². The predicted octanol–water partition coefficient (Wildman–Crippen LogP) is 2.84. The molecule has 2 aromatic rings. The van der Waals surface area contributed by atoms with E-state index in [0.717, 1.165) is 5.56 Å². The summed E-state index contributed by atoms with van der Waals surface area (Å²) < 4.78 is 0. The summed E-state index contributed by atoms with van der Waals surface area (Å²) >= 11 is 1.40. The lowest BCUT2D eigenvalue weighted by molar-refractivity contribution is -0.134. The van der Waals surface area contributed by atoms with Crippen LogP contribution in [0.2, 0.25) is 0 Å². The number of nitrogens with one attached hydrogen (secondary N) is 2. The van der Waals surface area contributed by atoms with Gasteiger partial charge in [-0.2, -0.15) is 0 Å². The van der Waals surface area contributed by atoms with Crippen molar-refractivity contribution in [2.45, 2.75) is 32.6 Å². The first-order chi connectivity index (χ1) is 14.0. The smallest absolute Gasteiger partial charge is 0.261 e. The van der Waals surface area contributed by atoms with Crippen LogP contribution in [0, 0.1) is 12.8 Å². The van der Waals surface area contributed by atoms with Crippen molar-refractivity contribution in [3.63, 3.8) is 0 Å². The Morgan fingerprint density at radius 2 is 2.03 bits per heavy atom. The molecule has 2 N–H and O–H groups in total. The molecular weight excluding hydrogens is 388 g/mol. The lowest BCUT2D eigenvalue weighted by atomic mass is 9.95. The van der Waals surface area contributed by atoms with Crippen LogP contribution in [-0.2, 0) is 9.59 Å². The molecule has 3 amide bonds. The molecule has 8 heteroatoms. The molecule has 0 radical (unpaired) electrons. The highest BCUT2D eigenvalue weighted by molar-refractivity contribution is 7.12. The third-order valence-corrected chi connectivity index (χ3v) is 5.85. The summed E-state index contributed by atoms with van der Waals surface area (Å²) in [5.74, 6) is 0.410. The number of aromatic nitrogens is 1. The molecular formula is C21H26N4O3S. The summed E-state index contributed by atoms with van der Waals surface area (Å²) in [4.78, 5) is 43.3. The maximum absolute atomic E-state index is 12.4. The zero-order chi connectivity index (χ0) is 20.6. The number of thiophene rings is 1. The molecule has 0 unspecified atom stereocenters. The number of aryl methyl sites for hydroxylation is 1. The summed E-state index contributed by atoms with van der Waals surface area (Å²) in [7, 11) is 0. The zero-order valence-electron chi connectivity index (χ0n) is 16.5. The van der Waals surface area contributed by atoms with E-state index in [-0.39, 0.29) is 23.6 Å². The van der Waals surface area contributed by atoms with E-state index in [1.807, 2.05) is 35.4 Å². The Morgan fingerprint density at radius 3 is 2.72 bits per heavy atom. The molecule has 0 spiro atoms. The van der Waals surface area contributed by atoms with E-state index < -0.39 is 0 Å². The SMILES string of the molecule is Cc1ccnc(NC(=O)C2CCN(C(=O)CCCNC(=O)c3cccs3)CC2)c1. The zero-order valence-corrected chi connectivity index (χ0v) is 17.3. The highest BCUT2D eigenvalue weighted by Gasteiger charge is 2.27. The number of carbonyl (C=O) groups is 3. The van der Waals surface area contributed by atoms with Crippen LogP contribution in [0.25, 0.3) is 0 Å². The van der Waals surface area contributed by atoms with Gasteiger partial charge in [-0.15, -0.1) is 11.3 Å². The molecule has 3 rings (SSSR count). The van der Waals surface area contributed by atoms with Crippen LogP contribution in [0.15, 0.2) is 35.8 Å². The molecule has 0 saturated carbocycles. The van der Waals surface area contributed by atoms with E-state index in [0.29, 0.717) is 56.0 Å². The van der Waals surface area contributed by atoms with Crippen LogP contribution < -0.4 is 10.6 Å². The van der Waals surface area contributed by atoms with Crippen molar-refractivity contribution in [2.24, 2.45) is 5.92 Å². The Bertz CT molecular complexity index is 845. The van der Waals surface area contributed by atoms with Crippen LogP contribution in [0.1, 0.15) is 40.9 Å². The predicted molar refractivity (Wildman–Crippen MR) is 113 cm³/mol. The number of piperidine rings is 1. The first kappa shape index (κ1) is 21.0. The molecule has 0 aromatic carbocycles. The van der Waals surface area contributed by atoms with Crippen molar-refractivity contribution in [3.05, 3.63) is 46.3 Å². The topological polar surface area (TPSA) is 91.4 Å². The average Bonchev–Trinajstić information content (AvgIpc) is 3.26. The Labute approximate surface area is 174 Å².